The molecular weight excluding hydrogens is 379 g/mol. The van der Waals surface area contributed by atoms with Gasteiger partial charge in [-0.2, -0.15) is 0 Å². The second-order valence-electron chi connectivity index (χ2n) is 7.80. The van der Waals surface area contributed by atoms with Gasteiger partial charge in [0.05, 0.1) is 22.6 Å². The molecule has 0 fully saturated rings. The van der Waals surface area contributed by atoms with Crippen LogP contribution in [0.1, 0.15) is 38.0 Å². The van der Waals surface area contributed by atoms with Crippen LogP contribution in [-0.2, 0) is 11.8 Å². The summed E-state index contributed by atoms with van der Waals surface area (Å²) in [5, 5.41) is 0. The normalized spacial score (nSPS) is 15.1. The number of halogens is 4. The van der Waals surface area contributed by atoms with Gasteiger partial charge in [-0.15, -0.1) is 0 Å². The standard InChI is InChI=1S/C23H23O.BF4/c1-23(2)15-9-14-19-20(17-10-5-3-6-11-17)16-21(24-22(19)23)18-12-7-4-8-13-18;2-1(3,4)5/h3-8,10-13,16H,9,14-15H2,1-2H3;/q+1;-1. The van der Waals surface area contributed by atoms with Gasteiger partial charge in [-0.3, -0.25) is 0 Å². The predicted molar refractivity (Wildman–Crippen MR) is 110 cm³/mol. The SMILES string of the molecule is CC1(C)CCCc2c(-c3ccccc3)cc(-c3ccccc3)[o+]c21.F[B-](F)(F)F. The summed E-state index contributed by atoms with van der Waals surface area (Å²) >= 11 is 0. The molecule has 0 saturated carbocycles. The lowest BCUT2D eigenvalue weighted by atomic mass is 9.75. The van der Waals surface area contributed by atoms with E-state index in [0.29, 0.717) is 0 Å². The van der Waals surface area contributed by atoms with Crippen LogP contribution in [0.2, 0.25) is 0 Å². The van der Waals surface area contributed by atoms with E-state index >= 15 is 0 Å². The van der Waals surface area contributed by atoms with E-state index in [1.807, 2.05) is 6.07 Å². The van der Waals surface area contributed by atoms with Gasteiger partial charge in [-0.05, 0) is 50.8 Å². The highest BCUT2D eigenvalue weighted by molar-refractivity contribution is 6.50. The topological polar surface area (TPSA) is 11.3 Å². The van der Waals surface area contributed by atoms with Crippen molar-refractivity contribution in [3.8, 4) is 22.5 Å². The van der Waals surface area contributed by atoms with Crippen molar-refractivity contribution in [1.82, 2.24) is 0 Å². The quantitative estimate of drug-likeness (QED) is 0.242. The molecule has 0 unspecified atom stereocenters. The Kier molecular flexibility index (Phi) is 6.11. The molecule has 1 nitrogen and oxygen atoms in total. The average Bonchev–Trinajstić information content (AvgIpc) is 2.67. The molecule has 152 valence electrons. The number of benzene rings is 2. The highest BCUT2D eigenvalue weighted by atomic mass is 19.5. The monoisotopic (exact) mass is 402 g/mol. The van der Waals surface area contributed by atoms with Gasteiger partial charge in [0.25, 0.3) is 0 Å². The van der Waals surface area contributed by atoms with Crippen molar-refractivity contribution in [1.29, 1.82) is 0 Å². The van der Waals surface area contributed by atoms with Gasteiger partial charge in [-0.25, -0.2) is 4.42 Å². The lowest BCUT2D eigenvalue weighted by molar-refractivity contribution is 0.327. The van der Waals surface area contributed by atoms with Crippen molar-refractivity contribution in [2.75, 3.05) is 0 Å². The van der Waals surface area contributed by atoms with Crippen LogP contribution in [0, 0.1) is 0 Å². The van der Waals surface area contributed by atoms with E-state index < -0.39 is 7.25 Å². The molecule has 6 heteroatoms. The molecule has 3 aromatic rings. The summed E-state index contributed by atoms with van der Waals surface area (Å²) in [6.07, 6.45) is 3.50. The van der Waals surface area contributed by atoms with E-state index in [1.165, 1.54) is 29.5 Å². The molecule has 4 rings (SSSR count). The molecule has 0 bridgehead atoms. The Morgan fingerprint density at radius 1 is 0.828 bits per heavy atom. The molecule has 0 atom stereocenters. The first-order valence-electron chi connectivity index (χ1n) is 9.64. The van der Waals surface area contributed by atoms with Crippen LogP contribution in [-0.4, -0.2) is 7.25 Å². The van der Waals surface area contributed by atoms with Crippen LogP contribution in [0.15, 0.2) is 71.1 Å². The van der Waals surface area contributed by atoms with Gasteiger partial charge in [0, 0.05) is 5.56 Å². The lowest BCUT2D eigenvalue weighted by Gasteiger charge is -2.25. The van der Waals surface area contributed by atoms with Crippen molar-refractivity contribution >= 4 is 7.25 Å². The Bertz CT molecular complexity index is 948. The molecule has 1 aliphatic rings. The molecule has 1 aliphatic carbocycles. The molecule has 0 spiro atoms. The highest BCUT2D eigenvalue weighted by Gasteiger charge is 2.41. The zero-order chi connectivity index (χ0) is 21.1. The van der Waals surface area contributed by atoms with Gasteiger partial charge >= 0.3 is 18.8 Å². The van der Waals surface area contributed by atoms with E-state index in [4.69, 9.17) is 4.42 Å². The zero-order valence-corrected chi connectivity index (χ0v) is 16.5. The minimum atomic E-state index is -6.00. The van der Waals surface area contributed by atoms with Crippen molar-refractivity contribution in [3.63, 3.8) is 0 Å². The highest BCUT2D eigenvalue weighted by Crippen LogP contribution is 2.43. The van der Waals surface area contributed by atoms with Crippen molar-refractivity contribution in [3.05, 3.63) is 78.1 Å². The maximum absolute atomic E-state index is 9.75. The summed E-state index contributed by atoms with van der Waals surface area (Å²) in [7, 11) is -6.00. The molecule has 0 N–H and O–H groups in total. The van der Waals surface area contributed by atoms with Crippen LogP contribution < -0.4 is 0 Å². The van der Waals surface area contributed by atoms with Gasteiger partial charge in [-0.1, -0.05) is 48.5 Å². The average molecular weight is 402 g/mol. The summed E-state index contributed by atoms with van der Waals surface area (Å²) < 4.78 is 45.5. The second kappa shape index (κ2) is 8.40. The van der Waals surface area contributed by atoms with Crippen LogP contribution in [0.4, 0.5) is 17.3 Å². The molecule has 0 amide bonds. The van der Waals surface area contributed by atoms with Crippen LogP contribution >= 0.6 is 0 Å². The summed E-state index contributed by atoms with van der Waals surface area (Å²) in [6, 6.07) is 23.4. The van der Waals surface area contributed by atoms with Crippen LogP contribution in [0.3, 0.4) is 0 Å². The molecule has 1 aromatic heterocycles. The maximum Gasteiger partial charge on any atom is 0.673 e. The van der Waals surface area contributed by atoms with Crippen LogP contribution in [0.25, 0.3) is 22.5 Å². The van der Waals surface area contributed by atoms with E-state index in [-0.39, 0.29) is 5.41 Å². The Labute approximate surface area is 168 Å². The Morgan fingerprint density at radius 2 is 1.34 bits per heavy atom. The molecule has 0 aliphatic heterocycles. The van der Waals surface area contributed by atoms with E-state index in [9.17, 15) is 17.3 Å². The summed E-state index contributed by atoms with van der Waals surface area (Å²) in [4.78, 5) is 0. The Morgan fingerprint density at radius 3 is 1.90 bits per heavy atom. The molecule has 1 heterocycles. The smallest absolute Gasteiger partial charge is 0.418 e. The largest absolute Gasteiger partial charge is 0.673 e. The summed E-state index contributed by atoms with van der Waals surface area (Å²) in [6.45, 7) is 4.61. The third-order valence-electron chi connectivity index (χ3n) is 5.07. The fourth-order valence-corrected chi connectivity index (χ4v) is 3.78. The third-order valence-corrected chi connectivity index (χ3v) is 5.07. The van der Waals surface area contributed by atoms with Crippen molar-refractivity contribution < 1.29 is 21.7 Å². The fraction of sp³-hybridized carbons (Fsp3) is 0.261. The van der Waals surface area contributed by atoms with Gasteiger partial charge < -0.3 is 17.3 Å². The minimum absolute atomic E-state index is 0.0852. The molecule has 2 aromatic carbocycles. The molecule has 0 saturated heterocycles. The Hall–Kier alpha value is -2.63. The first-order valence-corrected chi connectivity index (χ1v) is 9.64. The number of hydrogen-bond acceptors (Lipinski definition) is 0. The fourth-order valence-electron chi connectivity index (χ4n) is 3.78. The summed E-state index contributed by atoms with van der Waals surface area (Å²) in [5.74, 6) is 2.12. The minimum Gasteiger partial charge on any atom is -0.418 e. The zero-order valence-electron chi connectivity index (χ0n) is 16.5. The first-order chi connectivity index (χ1) is 13.6. The Balaban J connectivity index is 0.000000431. The maximum atomic E-state index is 9.75. The molecule has 0 radical (unpaired) electrons. The second-order valence-corrected chi connectivity index (χ2v) is 7.80. The van der Waals surface area contributed by atoms with E-state index in [1.54, 1.807) is 0 Å². The third kappa shape index (κ3) is 5.46. The number of hydrogen-bond donors (Lipinski definition) is 0. The number of rotatable bonds is 2. The van der Waals surface area contributed by atoms with Gasteiger partial charge in [0.1, 0.15) is 0 Å². The van der Waals surface area contributed by atoms with E-state index in [0.717, 1.165) is 23.5 Å². The van der Waals surface area contributed by atoms with Gasteiger partial charge in [0.2, 0.25) is 0 Å². The van der Waals surface area contributed by atoms with Crippen molar-refractivity contribution in [2.45, 2.75) is 38.5 Å². The number of fused-ring (bicyclic) bond motifs is 1. The molecular formula is C23H23BF4O. The van der Waals surface area contributed by atoms with E-state index in [2.05, 4.69) is 74.5 Å². The predicted octanol–water partition coefficient (Wildman–Crippen LogP) is 7.81. The van der Waals surface area contributed by atoms with Crippen LogP contribution in [0.5, 0.6) is 0 Å². The lowest BCUT2D eigenvalue weighted by Crippen LogP contribution is -2.24. The van der Waals surface area contributed by atoms with Gasteiger partial charge in [0.15, 0.2) is 0 Å². The molecule has 29 heavy (non-hydrogen) atoms. The first kappa shape index (κ1) is 21.1. The van der Waals surface area contributed by atoms with Crippen molar-refractivity contribution in [2.24, 2.45) is 0 Å². The summed E-state index contributed by atoms with van der Waals surface area (Å²) in [5.41, 5.74) is 5.21.